The van der Waals surface area contributed by atoms with E-state index in [1.807, 2.05) is 6.92 Å². The van der Waals surface area contributed by atoms with Crippen molar-refractivity contribution in [3.63, 3.8) is 0 Å². The fraction of sp³-hybridized carbons (Fsp3) is 0.296. The molecule has 4 aromatic rings. The third kappa shape index (κ3) is 5.36. The maximum atomic E-state index is 15.2. The summed E-state index contributed by atoms with van der Waals surface area (Å²) in [6.07, 6.45) is 0.997. The number of fused-ring (bicyclic) bond motifs is 1. The first-order valence-corrected chi connectivity index (χ1v) is 12.7. The first-order valence-electron chi connectivity index (χ1n) is 12.7. The molecule has 1 aliphatic heterocycles. The van der Waals surface area contributed by atoms with Crippen LogP contribution in [-0.2, 0) is 6.18 Å². The standard InChI is InChI=1S/C27H26F4N8O2/c1-14-3-4-16(13-39(14)26(41)33-2)24-37-21(22-23(32)35-9-10-38(22)24)15-5-6-18(19(28)11-15)25(40)36-20-12-17(7-8-34-20)27(29,30)31/h5-12,14,16H,3-4,13H2,1-2H3,(H2,32,35)(H,33,41)(H,34,36,40)/t14-,16+/m0/s1. The van der Waals surface area contributed by atoms with Gasteiger partial charge in [0.2, 0.25) is 0 Å². The van der Waals surface area contributed by atoms with Gasteiger partial charge in [-0.05, 0) is 44.0 Å². The van der Waals surface area contributed by atoms with Gasteiger partial charge >= 0.3 is 12.2 Å². The predicted molar refractivity (Wildman–Crippen MR) is 143 cm³/mol. The van der Waals surface area contributed by atoms with E-state index in [4.69, 9.17) is 10.7 Å². The number of hydrogen-bond donors (Lipinski definition) is 3. The van der Waals surface area contributed by atoms with Gasteiger partial charge in [-0.1, -0.05) is 6.07 Å². The molecule has 0 saturated carbocycles. The minimum Gasteiger partial charge on any atom is -0.382 e. The summed E-state index contributed by atoms with van der Waals surface area (Å²) in [6, 6.07) is 5.06. The zero-order valence-electron chi connectivity index (χ0n) is 22.0. The third-order valence-corrected chi connectivity index (χ3v) is 7.15. The molecule has 1 aromatic carbocycles. The maximum Gasteiger partial charge on any atom is 0.416 e. The van der Waals surface area contributed by atoms with Gasteiger partial charge in [0.15, 0.2) is 0 Å². The van der Waals surface area contributed by atoms with Gasteiger partial charge < -0.3 is 21.3 Å². The smallest absolute Gasteiger partial charge is 0.382 e. The van der Waals surface area contributed by atoms with Crippen molar-refractivity contribution in [2.75, 3.05) is 24.6 Å². The number of carbonyl (C=O) groups excluding carboxylic acids is 2. The lowest BCUT2D eigenvalue weighted by Gasteiger charge is -2.37. The monoisotopic (exact) mass is 570 g/mol. The van der Waals surface area contributed by atoms with Crippen LogP contribution in [0, 0.1) is 5.82 Å². The summed E-state index contributed by atoms with van der Waals surface area (Å²) in [7, 11) is 1.57. The number of carbonyl (C=O) groups is 2. The molecule has 14 heteroatoms. The normalized spacial score (nSPS) is 17.5. The highest BCUT2D eigenvalue weighted by Crippen LogP contribution is 2.36. The Labute approximate surface area is 231 Å². The SMILES string of the molecule is CNC(=O)N1C[C@H](c2nc(-c3ccc(C(=O)Nc4cc(C(F)(F)F)ccn4)c(F)c3)c3c(N)nccn23)CC[C@@H]1C. The molecule has 4 N–H and O–H groups in total. The molecular weight excluding hydrogens is 544 g/mol. The second-order valence-electron chi connectivity index (χ2n) is 9.76. The Balaban J connectivity index is 1.47. The minimum atomic E-state index is -4.63. The van der Waals surface area contributed by atoms with Crippen molar-refractivity contribution in [1.82, 2.24) is 29.6 Å². The molecule has 5 rings (SSSR count). The van der Waals surface area contributed by atoms with E-state index in [2.05, 4.69) is 20.6 Å². The van der Waals surface area contributed by atoms with Gasteiger partial charge in [-0.3, -0.25) is 9.20 Å². The van der Waals surface area contributed by atoms with Crippen LogP contribution in [0.2, 0.25) is 0 Å². The van der Waals surface area contributed by atoms with E-state index < -0.39 is 29.0 Å². The lowest BCUT2D eigenvalue weighted by Crippen LogP contribution is -2.48. The Morgan fingerprint density at radius 1 is 1.10 bits per heavy atom. The Morgan fingerprint density at radius 2 is 1.88 bits per heavy atom. The molecule has 3 amide bonds. The summed E-state index contributed by atoms with van der Waals surface area (Å²) in [5.41, 5.74) is 5.90. The van der Waals surface area contributed by atoms with Crippen LogP contribution in [0.4, 0.5) is 34.0 Å². The molecule has 41 heavy (non-hydrogen) atoms. The van der Waals surface area contributed by atoms with Crippen molar-refractivity contribution in [3.05, 3.63) is 71.7 Å². The molecule has 0 unspecified atom stereocenters. The molecule has 1 aliphatic rings. The molecule has 214 valence electrons. The second-order valence-corrected chi connectivity index (χ2v) is 9.76. The molecule has 4 heterocycles. The quantitative estimate of drug-likeness (QED) is 0.305. The fourth-order valence-corrected chi connectivity index (χ4v) is 5.03. The summed E-state index contributed by atoms with van der Waals surface area (Å²) in [4.78, 5) is 39.5. The van der Waals surface area contributed by atoms with Gasteiger partial charge in [-0.2, -0.15) is 13.2 Å². The lowest BCUT2D eigenvalue weighted by atomic mass is 9.93. The topological polar surface area (TPSA) is 131 Å². The summed E-state index contributed by atoms with van der Waals surface area (Å²) in [5.74, 6) is -1.61. The van der Waals surface area contributed by atoms with E-state index in [1.165, 1.54) is 18.3 Å². The van der Waals surface area contributed by atoms with E-state index in [9.17, 15) is 22.8 Å². The summed E-state index contributed by atoms with van der Waals surface area (Å²) >= 11 is 0. The first kappa shape index (κ1) is 27.8. The molecule has 1 saturated heterocycles. The number of rotatable bonds is 4. The van der Waals surface area contributed by atoms with Crippen LogP contribution in [0.1, 0.15) is 47.4 Å². The second kappa shape index (κ2) is 10.7. The average Bonchev–Trinajstić information content (AvgIpc) is 3.33. The molecule has 0 aliphatic carbocycles. The highest BCUT2D eigenvalue weighted by molar-refractivity contribution is 6.04. The Bertz CT molecular complexity index is 1640. The van der Waals surface area contributed by atoms with Crippen molar-refractivity contribution in [3.8, 4) is 11.3 Å². The van der Waals surface area contributed by atoms with Crippen LogP contribution in [0.5, 0.6) is 0 Å². The summed E-state index contributed by atoms with van der Waals surface area (Å²) in [6.45, 7) is 2.39. The number of pyridine rings is 1. The molecule has 10 nitrogen and oxygen atoms in total. The van der Waals surface area contributed by atoms with Gasteiger partial charge in [-0.25, -0.2) is 24.1 Å². The highest BCUT2D eigenvalue weighted by atomic mass is 19.4. The number of nitrogens with zero attached hydrogens (tertiary/aromatic N) is 5. The Morgan fingerprint density at radius 3 is 2.59 bits per heavy atom. The minimum absolute atomic E-state index is 0.0440. The molecule has 0 radical (unpaired) electrons. The molecule has 2 atom stereocenters. The Kier molecular flexibility index (Phi) is 7.24. The number of nitrogen functional groups attached to an aromatic ring is 1. The first-order chi connectivity index (χ1) is 19.5. The zero-order chi connectivity index (χ0) is 29.5. The lowest BCUT2D eigenvalue weighted by molar-refractivity contribution is -0.137. The number of amides is 3. The van der Waals surface area contributed by atoms with Crippen molar-refractivity contribution in [1.29, 1.82) is 0 Å². The van der Waals surface area contributed by atoms with E-state index in [-0.39, 0.29) is 29.6 Å². The molecule has 3 aromatic heterocycles. The van der Waals surface area contributed by atoms with Crippen LogP contribution >= 0.6 is 0 Å². The van der Waals surface area contributed by atoms with E-state index in [0.29, 0.717) is 35.2 Å². The van der Waals surface area contributed by atoms with Crippen LogP contribution in [0.3, 0.4) is 0 Å². The van der Waals surface area contributed by atoms with Crippen molar-refractivity contribution in [2.24, 2.45) is 0 Å². The number of urea groups is 1. The largest absolute Gasteiger partial charge is 0.416 e. The number of nitrogens with two attached hydrogens (primary N) is 1. The number of anilines is 2. The van der Waals surface area contributed by atoms with Gasteiger partial charge in [0, 0.05) is 49.7 Å². The number of likely N-dealkylation sites (tertiary alicyclic amines) is 1. The third-order valence-electron chi connectivity index (χ3n) is 7.15. The van der Waals surface area contributed by atoms with Gasteiger partial charge in [0.25, 0.3) is 5.91 Å². The molecule has 0 spiro atoms. The fourth-order valence-electron chi connectivity index (χ4n) is 5.03. The summed E-state index contributed by atoms with van der Waals surface area (Å²) in [5, 5.41) is 4.86. The molecular formula is C27H26F4N8O2. The number of halogens is 4. The highest BCUT2D eigenvalue weighted by Gasteiger charge is 2.33. The van der Waals surface area contributed by atoms with E-state index >= 15 is 4.39 Å². The number of piperidine rings is 1. The van der Waals surface area contributed by atoms with Crippen LogP contribution in [0.15, 0.2) is 48.9 Å². The van der Waals surface area contributed by atoms with Crippen molar-refractivity contribution in [2.45, 2.75) is 37.9 Å². The predicted octanol–water partition coefficient (Wildman–Crippen LogP) is 4.69. The zero-order valence-corrected chi connectivity index (χ0v) is 22.0. The number of nitrogens with one attached hydrogen (secondary N) is 2. The summed E-state index contributed by atoms with van der Waals surface area (Å²) < 4.78 is 56.0. The van der Waals surface area contributed by atoms with Gasteiger partial charge in [0.05, 0.1) is 11.1 Å². The van der Waals surface area contributed by atoms with E-state index in [0.717, 1.165) is 31.2 Å². The Hall–Kier alpha value is -4.75. The number of imidazole rings is 1. The van der Waals surface area contributed by atoms with Crippen LogP contribution in [-0.4, -0.2) is 55.8 Å². The van der Waals surface area contributed by atoms with Crippen LogP contribution < -0.4 is 16.4 Å². The maximum absolute atomic E-state index is 15.2. The number of aromatic nitrogens is 4. The van der Waals surface area contributed by atoms with Crippen molar-refractivity contribution < 1.29 is 27.2 Å². The van der Waals surface area contributed by atoms with Gasteiger partial charge in [0.1, 0.15) is 34.5 Å². The molecule has 1 fully saturated rings. The average molecular weight is 571 g/mol. The van der Waals surface area contributed by atoms with Crippen molar-refractivity contribution >= 4 is 29.1 Å². The van der Waals surface area contributed by atoms with Crippen LogP contribution in [0.25, 0.3) is 16.8 Å². The van der Waals surface area contributed by atoms with Gasteiger partial charge in [-0.15, -0.1) is 0 Å². The molecule has 0 bridgehead atoms. The van der Waals surface area contributed by atoms with E-state index in [1.54, 1.807) is 22.5 Å². The number of hydrogen-bond acceptors (Lipinski definition) is 6. The number of alkyl halides is 3. The number of benzene rings is 1.